The molecule has 1 heterocycles. The summed E-state index contributed by atoms with van der Waals surface area (Å²) in [5.41, 5.74) is 0.775. The van der Waals surface area contributed by atoms with E-state index in [1.165, 1.54) is 16.9 Å². The second-order valence-corrected chi connectivity index (χ2v) is 4.50. The van der Waals surface area contributed by atoms with E-state index in [-0.39, 0.29) is 10.7 Å². The number of carbonyl (C=O) groups is 1. The van der Waals surface area contributed by atoms with Crippen LogP contribution in [0, 0.1) is 5.82 Å². The Labute approximate surface area is 119 Å². The van der Waals surface area contributed by atoms with Gasteiger partial charge in [-0.2, -0.15) is 0 Å². The zero-order chi connectivity index (χ0) is 14.5. The maximum atomic E-state index is 13.0. The lowest BCUT2D eigenvalue weighted by atomic mass is 10.2. The number of carboxylic acid groups (broad SMARTS) is 1. The molecule has 0 spiro atoms. The first-order valence-corrected chi connectivity index (χ1v) is 6.22. The van der Waals surface area contributed by atoms with Crippen molar-refractivity contribution in [3.8, 4) is 0 Å². The van der Waals surface area contributed by atoms with Crippen molar-refractivity contribution in [1.82, 2.24) is 20.3 Å². The number of nitrogens with zero attached hydrogens (tertiary/aromatic N) is 3. The summed E-state index contributed by atoms with van der Waals surface area (Å²) < 4.78 is 14.4. The minimum atomic E-state index is -1.11. The average molecular weight is 299 g/mol. The highest BCUT2D eigenvalue weighted by molar-refractivity contribution is 6.30. The van der Waals surface area contributed by atoms with Gasteiger partial charge in [-0.1, -0.05) is 22.9 Å². The van der Waals surface area contributed by atoms with Crippen LogP contribution in [0.25, 0.3) is 0 Å². The highest BCUT2D eigenvalue weighted by Gasteiger charge is 2.07. The molecule has 0 amide bonds. The third kappa shape index (κ3) is 3.75. The van der Waals surface area contributed by atoms with E-state index in [1.807, 2.05) is 0 Å². The lowest BCUT2D eigenvalue weighted by Crippen LogP contribution is -2.19. The van der Waals surface area contributed by atoms with Crippen LogP contribution in [0.15, 0.2) is 24.4 Å². The highest BCUT2D eigenvalue weighted by Crippen LogP contribution is 2.15. The van der Waals surface area contributed by atoms with Crippen LogP contribution >= 0.6 is 11.6 Å². The molecule has 0 saturated heterocycles. The van der Waals surface area contributed by atoms with Crippen LogP contribution in [0.3, 0.4) is 0 Å². The molecular weight excluding hydrogens is 287 g/mol. The molecule has 2 N–H and O–H groups in total. The van der Waals surface area contributed by atoms with Gasteiger partial charge in [0.05, 0.1) is 17.8 Å². The van der Waals surface area contributed by atoms with E-state index in [1.54, 1.807) is 12.1 Å². The Hall–Kier alpha value is -1.99. The first-order valence-electron chi connectivity index (χ1n) is 5.84. The van der Waals surface area contributed by atoms with Gasteiger partial charge in [0.25, 0.3) is 0 Å². The molecule has 0 aliphatic carbocycles. The number of hydrogen-bond donors (Lipinski definition) is 2. The molecule has 0 bridgehead atoms. The van der Waals surface area contributed by atoms with Crippen molar-refractivity contribution >= 4 is 17.6 Å². The summed E-state index contributed by atoms with van der Waals surface area (Å²) in [6.07, 6.45) is 1.36. The Kier molecular flexibility index (Phi) is 4.65. The van der Waals surface area contributed by atoms with Gasteiger partial charge in [0, 0.05) is 13.1 Å². The van der Waals surface area contributed by atoms with Gasteiger partial charge in [-0.15, -0.1) is 5.10 Å². The first-order chi connectivity index (χ1) is 9.56. The smallest absolute Gasteiger partial charge is 0.358 e. The van der Waals surface area contributed by atoms with E-state index in [9.17, 15) is 9.18 Å². The van der Waals surface area contributed by atoms with E-state index in [0.717, 1.165) is 5.56 Å². The van der Waals surface area contributed by atoms with E-state index in [4.69, 9.17) is 16.7 Å². The van der Waals surface area contributed by atoms with E-state index in [2.05, 4.69) is 15.6 Å². The van der Waals surface area contributed by atoms with Crippen LogP contribution in [-0.4, -0.2) is 32.6 Å². The second-order valence-electron chi connectivity index (χ2n) is 4.10. The predicted molar refractivity (Wildman–Crippen MR) is 70.1 cm³/mol. The minimum Gasteiger partial charge on any atom is -0.476 e. The van der Waals surface area contributed by atoms with Crippen LogP contribution in [-0.2, 0) is 13.1 Å². The molecule has 6 nitrogen and oxygen atoms in total. The summed E-state index contributed by atoms with van der Waals surface area (Å²) >= 11 is 5.67. The Balaban J connectivity index is 1.78. The molecular formula is C12H12ClFN4O2. The van der Waals surface area contributed by atoms with Gasteiger partial charge in [0.2, 0.25) is 0 Å². The second kappa shape index (κ2) is 6.44. The Morgan fingerprint density at radius 2 is 2.30 bits per heavy atom. The Morgan fingerprint density at radius 3 is 2.95 bits per heavy atom. The van der Waals surface area contributed by atoms with Crippen LogP contribution < -0.4 is 5.32 Å². The van der Waals surface area contributed by atoms with Gasteiger partial charge in [-0.3, -0.25) is 4.68 Å². The zero-order valence-corrected chi connectivity index (χ0v) is 11.1. The number of nitrogens with one attached hydrogen (secondary N) is 1. The number of aromatic carboxylic acids is 1. The molecule has 20 heavy (non-hydrogen) atoms. The number of hydrogen-bond acceptors (Lipinski definition) is 4. The molecule has 1 aromatic heterocycles. The lowest BCUT2D eigenvalue weighted by Gasteiger charge is -2.05. The Bertz CT molecular complexity index is 617. The van der Waals surface area contributed by atoms with E-state index >= 15 is 0 Å². The van der Waals surface area contributed by atoms with Crippen LogP contribution in [0.5, 0.6) is 0 Å². The molecule has 0 aliphatic rings. The molecule has 2 aromatic rings. The van der Waals surface area contributed by atoms with Crippen molar-refractivity contribution in [3.63, 3.8) is 0 Å². The number of benzene rings is 1. The average Bonchev–Trinajstić information content (AvgIpc) is 2.88. The van der Waals surface area contributed by atoms with E-state index in [0.29, 0.717) is 19.6 Å². The van der Waals surface area contributed by atoms with Crippen molar-refractivity contribution in [1.29, 1.82) is 0 Å². The molecule has 0 saturated carbocycles. The number of carboxylic acids is 1. The topological polar surface area (TPSA) is 80.0 Å². The minimum absolute atomic E-state index is 0.0877. The Morgan fingerprint density at radius 1 is 1.50 bits per heavy atom. The van der Waals surface area contributed by atoms with Crippen LogP contribution in [0.2, 0.25) is 5.02 Å². The maximum absolute atomic E-state index is 13.0. The third-order valence-electron chi connectivity index (χ3n) is 2.59. The summed E-state index contributed by atoms with van der Waals surface area (Å²) in [6.45, 7) is 1.58. The molecule has 0 aliphatic heterocycles. The normalized spacial score (nSPS) is 10.7. The summed E-state index contributed by atoms with van der Waals surface area (Å²) in [4.78, 5) is 10.6. The largest absolute Gasteiger partial charge is 0.476 e. The van der Waals surface area contributed by atoms with Crippen molar-refractivity contribution < 1.29 is 14.3 Å². The van der Waals surface area contributed by atoms with Crippen molar-refractivity contribution in [2.45, 2.75) is 13.1 Å². The molecule has 0 atom stereocenters. The SMILES string of the molecule is O=C(O)c1cn(CCNCc2ccc(F)c(Cl)c2)nn1. The quantitative estimate of drug-likeness (QED) is 0.791. The number of aromatic nitrogens is 3. The van der Waals surface area contributed by atoms with Gasteiger partial charge in [-0.25, -0.2) is 9.18 Å². The highest BCUT2D eigenvalue weighted by atomic mass is 35.5. The molecule has 1 aromatic carbocycles. The van der Waals surface area contributed by atoms with Gasteiger partial charge >= 0.3 is 5.97 Å². The summed E-state index contributed by atoms with van der Waals surface area (Å²) in [5, 5.41) is 19.1. The molecule has 2 rings (SSSR count). The molecule has 106 valence electrons. The summed E-state index contributed by atoms with van der Waals surface area (Å²) in [5.74, 6) is -1.55. The number of rotatable bonds is 6. The van der Waals surface area contributed by atoms with Gasteiger partial charge in [-0.05, 0) is 17.7 Å². The fourth-order valence-electron chi connectivity index (χ4n) is 1.58. The van der Waals surface area contributed by atoms with Crippen molar-refractivity contribution in [2.24, 2.45) is 0 Å². The molecule has 0 unspecified atom stereocenters. The van der Waals surface area contributed by atoms with Crippen LogP contribution in [0.4, 0.5) is 4.39 Å². The van der Waals surface area contributed by atoms with E-state index < -0.39 is 11.8 Å². The number of halogens is 2. The maximum Gasteiger partial charge on any atom is 0.358 e. The van der Waals surface area contributed by atoms with Crippen molar-refractivity contribution in [2.75, 3.05) is 6.54 Å². The standard InChI is InChI=1S/C12H12ClFN4O2/c13-9-5-8(1-2-10(9)14)6-15-3-4-18-7-11(12(19)20)16-17-18/h1-2,5,7,15H,3-4,6H2,(H,19,20). The zero-order valence-electron chi connectivity index (χ0n) is 10.4. The fourth-order valence-corrected chi connectivity index (χ4v) is 1.78. The molecule has 0 fully saturated rings. The van der Waals surface area contributed by atoms with Crippen LogP contribution in [0.1, 0.15) is 16.1 Å². The summed E-state index contributed by atoms with van der Waals surface area (Å²) in [7, 11) is 0. The summed E-state index contributed by atoms with van der Waals surface area (Å²) in [6, 6.07) is 4.52. The van der Waals surface area contributed by atoms with Gasteiger partial charge < -0.3 is 10.4 Å². The molecule has 0 radical (unpaired) electrons. The van der Waals surface area contributed by atoms with Gasteiger partial charge in [0.1, 0.15) is 5.82 Å². The monoisotopic (exact) mass is 298 g/mol. The third-order valence-corrected chi connectivity index (χ3v) is 2.88. The first kappa shape index (κ1) is 14.4. The van der Waals surface area contributed by atoms with Crippen molar-refractivity contribution in [3.05, 3.63) is 46.5 Å². The fraction of sp³-hybridized carbons (Fsp3) is 0.250. The lowest BCUT2D eigenvalue weighted by molar-refractivity contribution is 0.0690. The molecule has 8 heteroatoms. The predicted octanol–water partition coefficient (Wildman–Crippen LogP) is 1.56. The van der Waals surface area contributed by atoms with Gasteiger partial charge in [0.15, 0.2) is 5.69 Å².